The molecule has 0 bridgehead atoms. The predicted octanol–water partition coefficient (Wildman–Crippen LogP) is 14.1. The molecule has 0 spiro atoms. The van der Waals surface area contributed by atoms with Crippen molar-refractivity contribution in [2.24, 2.45) is 0 Å². The van der Waals surface area contributed by atoms with Crippen molar-refractivity contribution in [2.75, 3.05) is 0 Å². The van der Waals surface area contributed by atoms with Gasteiger partial charge in [-0.2, -0.15) is 15.8 Å². The quantitative estimate of drug-likeness (QED) is 0.154. The summed E-state index contributed by atoms with van der Waals surface area (Å²) in [6.07, 6.45) is 0. The van der Waals surface area contributed by atoms with Crippen LogP contribution in [0.1, 0.15) is 69.4 Å². The zero-order chi connectivity index (χ0) is 45.6. The molecule has 8 heteroatoms. The summed E-state index contributed by atoms with van der Waals surface area (Å²) in [7, 11) is 0. The van der Waals surface area contributed by atoms with E-state index in [0.717, 1.165) is 32.9 Å². The van der Waals surface area contributed by atoms with Crippen LogP contribution in [-0.4, -0.2) is 19.5 Å². The predicted molar refractivity (Wildman–Crippen MR) is 259 cm³/mol. The second-order valence-electron chi connectivity index (χ2n) is 18.2. The van der Waals surface area contributed by atoms with Crippen LogP contribution in [-0.2, 0) is 10.8 Å². The molecule has 0 saturated carbocycles. The molecular formula is C57H42N8. The molecule has 310 valence electrons. The molecular weight excluding hydrogens is 797 g/mol. The van der Waals surface area contributed by atoms with Crippen molar-refractivity contribution in [1.82, 2.24) is 19.5 Å². The maximum atomic E-state index is 10.8. The number of nitrogens with zero attached hydrogens (tertiary/aromatic N) is 8. The first kappa shape index (κ1) is 41.7. The second kappa shape index (κ2) is 16.2. The van der Waals surface area contributed by atoms with Crippen LogP contribution in [0.2, 0.25) is 0 Å². The lowest BCUT2D eigenvalue weighted by Gasteiger charge is -2.23. The van der Waals surface area contributed by atoms with E-state index < -0.39 is 0 Å². The average Bonchev–Trinajstić information content (AvgIpc) is 3.65. The molecule has 0 unspecified atom stereocenters. The molecule has 2 heterocycles. The molecule has 0 atom stereocenters. The van der Waals surface area contributed by atoms with Gasteiger partial charge in [0, 0.05) is 49.7 Å². The third-order valence-corrected chi connectivity index (χ3v) is 11.9. The van der Waals surface area contributed by atoms with Gasteiger partial charge in [-0.25, -0.2) is 19.8 Å². The minimum absolute atomic E-state index is 0.138. The Hall–Kier alpha value is -8.69. The summed E-state index contributed by atoms with van der Waals surface area (Å²) in [5, 5.41) is 33.8. The standard InChI is InChI=1S/C57H42N8/c1-56(2,3)41-19-24-50-46(30-41)47-31-42(57(4,5)6)20-25-51(47)65(50)52-48(44-22-18-35(32-58)26-39(44)33-59)28-38(29-49(52)45-23-21-43(61-7)27-40(45)34-60)55-63-53(36-14-10-8-11-15-36)62-54(64-55)37-16-12-9-13-17-37/h8-31H,1-6H3. The third-order valence-electron chi connectivity index (χ3n) is 11.9. The zero-order valence-corrected chi connectivity index (χ0v) is 36.9. The lowest BCUT2D eigenvalue weighted by molar-refractivity contribution is 0.590. The van der Waals surface area contributed by atoms with Gasteiger partial charge in [-0.1, -0.05) is 133 Å². The Morgan fingerprint density at radius 3 is 1.38 bits per heavy atom. The monoisotopic (exact) mass is 838 g/mol. The normalized spacial score (nSPS) is 11.5. The van der Waals surface area contributed by atoms with Gasteiger partial charge in [0.1, 0.15) is 0 Å². The Morgan fingerprint density at radius 1 is 0.477 bits per heavy atom. The molecule has 9 rings (SSSR count). The van der Waals surface area contributed by atoms with Gasteiger partial charge in [0.05, 0.1) is 52.6 Å². The van der Waals surface area contributed by atoms with Crippen molar-refractivity contribution in [3.05, 3.63) is 185 Å². The summed E-state index contributed by atoms with van der Waals surface area (Å²) in [5.74, 6) is 1.33. The highest BCUT2D eigenvalue weighted by Gasteiger charge is 2.27. The first-order valence-corrected chi connectivity index (χ1v) is 21.3. The fourth-order valence-corrected chi connectivity index (χ4v) is 8.42. The van der Waals surface area contributed by atoms with Gasteiger partial charge in [0.2, 0.25) is 0 Å². The summed E-state index contributed by atoms with van der Waals surface area (Å²) in [6.45, 7) is 21.1. The molecule has 65 heavy (non-hydrogen) atoms. The van der Waals surface area contributed by atoms with Gasteiger partial charge in [-0.15, -0.1) is 0 Å². The van der Waals surface area contributed by atoms with Crippen LogP contribution in [0.3, 0.4) is 0 Å². The molecule has 0 aliphatic carbocycles. The van der Waals surface area contributed by atoms with Gasteiger partial charge in [-0.3, -0.25) is 0 Å². The fourth-order valence-electron chi connectivity index (χ4n) is 8.42. The summed E-state index contributed by atoms with van der Waals surface area (Å²) in [5.41, 5.74) is 10.6. The van der Waals surface area contributed by atoms with Crippen LogP contribution in [0.4, 0.5) is 5.69 Å². The lowest BCUT2D eigenvalue weighted by atomic mass is 9.85. The first-order chi connectivity index (χ1) is 31.3. The largest absolute Gasteiger partial charge is 0.308 e. The molecule has 7 aromatic carbocycles. The van der Waals surface area contributed by atoms with E-state index in [1.54, 1.807) is 24.3 Å². The Morgan fingerprint density at radius 2 is 0.938 bits per heavy atom. The number of hydrogen-bond acceptors (Lipinski definition) is 6. The Kier molecular flexibility index (Phi) is 10.4. The Bertz CT molecular complexity index is 3320. The SMILES string of the molecule is [C-]#[N+]c1ccc(-c2cc(-c3nc(-c4ccccc4)nc(-c4ccccc4)n3)cc(-c3ccc(C#N)cc3C#N)c2-n2c3ccc(C(C)(C)C)cc3c3cc(C(C)(C)C)ccc32)c(C#N)c1. The minimum Gasteiger partial charge on any atom is -0.308 e. The van der Waals surface area contributed by atoms with Gasteiger partial charge in [-0.05, 0) is 82.1 Å². The second-order valence-corrected chi connectivity index (χ2v) is 18.2. The molecule has 0 amide bonds. The van der Waals surface area contributed by atoms with Crippen LogP contribution in [0.25, 0.3) is 88.8 Å². The molecule has 0 saturated heterocycles. The maximum absolute atomic E-state index is 10.8. The van der Waals surface area contributed by atoms with E-state index in [2.05, 4.69) is 106 Å². The Labute approximate surface area is 378 Å². The van der Waals surface area contributed by atoms with Crippen LogP contribution in [0, 0.1) is 40.6 Å². The summed E-state index contributed by atoms with van der Waals surface area (Å²) < 4.78 is 2.24. The van der Waals surface area contributed by atoms with Crippen LogP contribution >= 0.6 is 0 Å². The van der Waals surface area contributed by atoms with Gasteiger partial charge in [0.15, 0.2) is 23.2 Å². The van der Waals surface area contributed by atoms with Crippen molar-refractivity contribution in [2.45, 2.75) is 52.4 Å². The summed E-state index contributed by atoms with van der Waals surface area (Å²) >= 11 is 0. The van der Waals surface area contributed by atoms with Crippen molar-refractivity contribution >= 4 is 27.5 Å². The molecule has 2 aromatic heterocycles. The molecule has 0 fully saturated rings. The van der Waals surface area contributed by atoms with Gasteiger partial charge >= 0.3 is 0 Å². The van der Waals surface area contributed by atoms with Gasteiger partial charge in [0.25, 0.3) is 0 Å². The number of benzene rings is 7. The van der Waals surface area contributed by atoms with E-state index in [1.807, 2.05) is 84.9 Å². The number of rotatable bonds is 6. The number of nitriles is 3. The van der Waals surface area contributed by atoms with E-state index in [0.29, 0.717) is 73.4 Å². The van der Waals surface area contributed by atoms with E-state index in [9.17, 15) is 15.8 Å². The highest BCUT2D eigenvalue weighted by Crippen LogP contribution is 2.46. The molecule has 0 aliphatic rings. The fraction of sp³-hybridized carbons (Fsp3) is 0.140. The van der Waals surface area contributed by atoms with Crippen molar-refractivity contribution < 1.29 is 0 Å². The molecule has 0 radical (unpaired) electrons. The lowest BCUT2D eigenvalue weighted by Crippen LogP contribution is -2.10. The van der Waals surface area contributed by atoms with Crippen LogP contribution in [0.15, 0.2) is 146 Å². The summed E-state index contributed by atoms with van der Waals surface area (Å²) in [6, 6.07) is 54.0. The number of fused-ring (bicyclic) bond motifs is 3. The first-order valence-electron chi connectivity index (χ1n) is 21.3. The highest BCUT2D eigenvalue weighted by atomic mass is 15.0. The third kappa shape index (κ3) is 7.65. The van der Waals surface area contributed by atoms with Crippen molar-refractivity contribution in [3.8, 4) is 80.3 Å². The van der Waals surface area contributed by atoms with E-state index in [1.165, 1.54) is 11.1 Å². The minimum atomic E-state index is -0.138. The zero-order valence-electron chi connectivity index (χ0n) is 36.9. The molecule has 9 aromatic rings. The van der Waals surface area contributed by atoms with E-state index in [4.69, 9.17) is 21.5 Å². The van der Waals surface area contributed by atoms with Crippen LogP contribution < -0.4 is 0 Å². The number of aromatic nitrogens is 4. The topological polar surface area (TPSA) is 119 Å². The molecule has 0 aliphatic heterocycles. The van der Waals surface area contributed by atoms with Crippen LogP contribution in [0.5, 0.6) is 0 Å². The van der Waals surface area contributed by atoms with Crippen molar-refractivity contribution in [3.63, 3.8) is 0 Å². The summed E-state index contributed by atoms with van der Waals surface area (Å²) in [4.78, 5) is 18.9. The van der Waals surface area contributed by atoms with Crippen molar-refractivity contribution in [1.29, 1.82) is 15.8 Å². The highest BCUT2D eigenvalue weighted by molar-refractivity contribution is 6.11. The number of hydrogen-bond donors (Lipinski definition) is 0. The smallest absolute Gasteiger partial charge is 0.188 e. The average molecular weight is 839 g/mol. The molecule has 8 nitrogen and oxygen atoms in total. The Balaban J connectivity index is 1.49. The van der Waals surface area contributed by atoms with E-state index in [-0.39, 0.29) is 10.8 Å². The maximum Gasteiger partial charge on any atom is 0.188 e. The van der Waals surface area contributed by atoms with Gasteiger partial charge < -0.3 is 4.57 Å². The van der Waals surface area contributed by atoms with E-state index >= 15 is 0 Å². The molecule has 0 N–H and O–H groups in total.